The van der Waals surface area contributed by atoms with Crippen LogP contribution in [0.5, 0.6) is 0 Å². The average molecular weight is 313 g/mol. The molecule has 0 saturated carbocycles. The maximum atomic E-state index is 3.37. The second-order valence-corrected chi connectivity index (χ2v) is 7.71. The number of nitrogens with zero attached hydrogens (tertiary/aromatic N) is 1. The van der Waals surface area contributed by atoms with Crippen LogP contribution in [0.25, 0.3) is 10.9 Å². The molecule has 1 N–H and O–H groups in total. The predicted molar refractivity (Wildman–Crippen MR) is 100 cm³/mol. The van der Waals surface area contributed by atoms with E-state index in [0.29, 0.717) is 11.3 Å². The van der Waals surface area contributed by atoms with E-state index in [1.165, 1.54) is 68.2 Å². The quantitative estimate of drug-likeness (QED) is 0.713. The highest BCUT2D eigenvalue weighted by molar-refractivity contribution is 5.80. The molecule has 1 aliphatic rings. The van der Waals surface area contributed by atoms with E-state index in [1.54, 1.807) is 0 Å². The van der Waals surface area contributed by atoms with Crippen LogP contribution in [0.15, 0.2) is 30.5 Å². The highest BCUT2D eigenvalue weighted by atomic mass is 15.1. The molecule has 0 aliphatic carbocycles. The highest BCUT2D eigenvalue weighted by Crippen LogP contribution is 2.40. The van der Waals surface area contributed by atoms with E-state index in [0.717, 1.165) is 0 Å². The van der Waals surface area contributed by atoms with E-state index in [4.69, 9.17) is 0 Å². The Labute approximate surface area is 141 Å². The normalized spacial score (nSPS) is 26.0. The van der Waals surface area contributed by atoms with Gasteiger partial charge in [-0.05, 0) is 60.3 Å². The Hall–Kier alpha value is -1.28. The lowest BCUT2D eigenvalue weighted by atomic mass is 9.68. The van der Waals surface area contributed by atoms with E-state index in [2.05, 4.69) is 54.9 Å². The minimum absolute atomic E-state index is 0.305. The van der Waals surface area contributed by atoms with Gasteiger partial charge in [0.2, 0.25) is 0 Å². The Morgan fingerprint density at radius 2 is 2.09 bits per heavy atom. The predicted octanol–water partition coefficient (Wildman–Crippen LogP) is 5.35. The number of benzene rings is 1. The van der Waals surface area contributed by atoms with Gasteiger partial charge in [-0.15, -0.1) is 0 Å². The molecule has 1 fully saturated rings. The summed E-state index contributed by atoms with van der Waals surface area (Å²) in [6.45, 7) is 11.0. The lowest BCUT2D eigenvalue weighted by molar-refractivity contribution is 0.109. The maximum Gasteiger partial charge on any atom is 0.0456 e. The van der Waals surface area contributed by atoms with Crippen LogP contribution in [0.3, 0.4) is 0 Å². The van der Waals surface area contributed by atoms with Crippen molar-refractivity contribution >= 4 is 10.9 Å². The first-order chi connectivity index (χ1) is 11.1. The van der Waals surface area contributed by atoms with Gasteiger partial charge in [-0.25, -0.2) is 0 Å². The van der Waals surface area contributed by atoms with Crippen LogP contribution in [-0.2, 0) is 5.41 Å². The summed E-state index contributed by atoms with van der Waals surface area (Å²) >= 11 is 0. The maximum absolute atomic E-state index is 3.37. The fraction of sp³-hybridized carbons (Fsp3) is 0.619. The molecule has 2 aromatic rings. The number of H-pyrrole nitrogens is 1. The van der Waals surface area contributed by atoms with Gasteiger partial charge in [0.25, 0.3) is 0 Å². The van der Waals surface area contributed by atoms with Gasteiger partial charge in [-0.1, -0.05) is 52.2 Å². The summed E-state index contributed by atoms with van der Waals surface area (Å²) in [5, 5.41) is 1.32. The Bertz CT molecular complexity index is 630. The van der Waals surface area contributed by atoms with Gasteiger partial charge in [-0.2, -0.15) is 0 Å². The number of hydrogen-bond donors (Lipinski definition) is 1. The second-order valence-electron chi connectivity index (χ2n) is 7.71. The van der Waals surface area contributed by atoms with Crippen LogP contribution in [0, 0.1) is 5.92 Å². The third kappa shape index (κ3) is 3.47. The van der Waals surface area contributed by atoms with Gasteiger partial charge in [0.15, 0.2) is 0 Å². The Morgan fingerprint density at radius 3 is 2.87 bits per heavy atom. The first-order valence-electron chi connectivity index (χ1n) is 9.43. The second kappa shape index (κ2) is 7.09. The summed E-state index contributed by atoms with van der Waals surface area (Å²) < 4.78 is 0. The zero-order valence-electron chi connectivity index (χ0n) is 15.1. The number of aromatic nitrogens is 1. The van der Waals surface area contributed by atoms with Crippen molar-refractivity contribution in [2.24, 2.45) is 5.92 Å². The van der Waals surface area contributed by atoms with E-state index < -0.39 is 0 Å². The summed E-state index contributed by atoms with van der Waals surface area (Å²) in [7, 11) is 0. The summed E-state index contributed by atoms with van der Waals surface area (Å²) in [5.74, 6) is 0.704. The Kier molecular flexibility index (Phi) is 5.11. The van der Waals surface area contributed by atoms with Crippen LogP contribution in [0.4, 0.5) is 0 Å². The van der Waals surface area contributed by atoms with Crippen molar-refractivity contribution in [2.45, 2.75) is 58.3 Å². The highest BCUT2D eigenvalue weighted by Gasteiger charge is 2.37. The molecular formula is C21H32N2. The van der Waals surface area contributed by atoms with Crippen LogP contribution in [0.2, 0.25) is 0 Å². The molecule has 23 heavy (non-hydrogen) atoms. The van der Waals surface area contributed by atoms with Gasteiger partial charge in [0.05, 0.1) is 0 Å². The molecule has 2 heteroatoms. The van der Waals surface area contributed by atoms with Gasteiger partial charge in [0, 0.05) is 18.3 Å². The zero-order chi connectivity index (χ0) is 16.3. The molecule has 0 bridgehead atoms. The summed E-state index contributed by atoms with van der Waals surface area (Å²) in [5.41, 5.74) is 3.09. The standard InChI is InChI=1S/C21H32N2/c1-4-5-6-7-13-23-14-11-21(3,17(2)16-23)19-9-8-18-10-12-22-20(18)15-19/h8-10,12,15,17,22H,4-7,11,13-14,16H2,1-3H3/t17-,21-/m0/s1. The molecule has 0 amide bonds. The lowest BCUT2D eigenvalue weighted by Crippen LogP contribution is -2.47. The van der Waals surface area contributed by atoms with Crippen LogP contribution in [-0.4, -0.2) is 29.5 Å². The molecular weight excluding hydrogens is 280 g/mol. The third-order valence-electron chi connectivity index (χ3n) is 6.11. The molecule has 1 aromatic carbocycles. The van der Waals surface area contributed by atoms with Crippen LogP contribution in [0.1, 0.15) is 58.4 Å². The number of likely N-dealkylation sites (tertiary alicyclic amines) is 1. The van der Waals surface area contributed by atoms with Crippen molar-refractivity contribution in [3.8, 4) is 0 Å². The van der Waals surface area contributed by atoms with Gasteiger partial charge in [-0.3, -0.25) is 0 Å². The minimum Gasteiger partial charge on any atom is -0.361 e. The Balaban J connectivity index is 1.66. The first-order valence-corrected chi connectivity index (χ1v) is 9.43. The first kappa shape index (κ1) is 16.6. The zero-order valence-corrected chi connectivity index (χ0v) is 15.1. The summed E-state index contributed by atoms with van der Waals surface area (Å²) in [4.78, 5) is 6.06. The number of aromatic amines is 1. The number of rotatable bonds is 6. The topological polar surface area (TPSA) is 19.0 Å². The minimum atomic E-state index is 0.305. The lowest BCUT2D eigenvalue weighted by Gasteiger charge is -2.45. The molecule has 1 aromatic heterocycles. The fourth-order valence-electron chi connectivity index (χ4n) is 4.11. The van der Waals surface area contributed by atoms with E-state index in [-0.39, 0.29) is 0 Å². The molecule has 2 heterocycles. The Morgan fingerprint density at radius 1 is 1.22 bits per heavy atom. The van der Waals surface area contributed by atoms with Crippen molar-refractivity contribution in [1.29, 1.82) is 0 Å². The van der Waals surface area contributed by atoms with E-state index in [9.17, 15) is 0 Å². The molecule has 3 rings (SSSR count). The third-order valence-corrected chi connectivity index (χ3v) is 6.11. The fourth-order valence-corrected chi connectivity index (χ4v) is 4.11. The largest absolute Gasteiger partial charge is 0.361 e. The van der Waals surface area contributed by atoms with E-state index >= 15 is 0 Å². The van der Waals surface area contributed by atoms with Crippen LogP contribution >= 0.6 is 0 Å². The van der Waals surface area contributed by atoms with Gasteiger partial charge in [0.1, 0.15) is 0 Å². The number of fused-ring (bicyclic) bond motifs is 1. The summed E-state index contributed by atoms with van der Waals surface area (Å²) in [6.07, 6.45) is 8.79. The monoisotopic (exact) mass is 312 g/mol. The average Bonchev–Trinajstić information content (AvgIpc) is 3.02. The number of nitrogens with one attached hydrogen (secondary N) is 1. The van der Waals surface area contributed by atoms with Crippen molar-refractivity contribution in [2.75, 3.05) is 19.6 Å². The van der Waals surface area contributed by atoms with Gasteiger partial charge >= 0.3 is 0 Å². The van der Waals surface area contributed by atoms with Crippen molar-refractivity contribution < 1.29 is 0 Å². The van der Waals surface area contributed by atoms with Crippen molar-refractivity contribution in [1.82, 2.24) is 9.88 Å². The molecule has 0 spiro atoms. The molecule has 126 valence electrons. The molecule has 2 nitrogen and oxygen atoms in total. The molecule has 1 saturated heterocycles. The molecule has 2 atom stereocenters. The molecule has 0 radical (unpaired) electrons. The SMILES string of the molecule is CCCCCCN1CC[C@](C)(c2ccc3cc[nH]c3c2)[C@@H](C)C1. The van der Waals surface area contributed by atoms with Gasteiger partial charge < -0.3 is 9.88 Å². The van der Waals surface area contributed by atoms with Crippen LogP contribution < -0.4 is 0 Å². The smallest absolute Gasteiger partial charge is 0.0456 e. The van der Waals surface area contributed by atoms with Crippen molar-refractivity contribution in [3.63, 3.8) is 0 Å². The number of piperidine rings is 1. The number of hydrogen-bond acceptors (Lipinski definition) is 1. The molecule has 1 aliphatic heterocycles. The number of unbranched alkanes of at least 4 members (excludes halogenated alkanes) is 3. The summed E-state index contributed by atoms with van der Waals surface area (Å²) in [6, 6.07) is 9.16. The molecule has 0 unspecified atom stereocenters. The van der Waals surface area contributed by atoms with Crippen molar-refractivity contribution in [3.05, 3.63) is 36.0 Å². The van der Waals surface area contributed by atoms with E-state index in [1.807, 2.05) is 6.20 Å².